The van der Waals surface area contributed by atoms with Crippen LogP contribution in [0.4, 0.5) is 0 Å². The number of thiophene rings is 1. The number of hydrogen-bond acceptors (Lipinski definition) is 6. The Bertz CT molecular complexity index is 1320. The van der Waals surface area contributed by atoms with Crippen molar-refractivity contribution in [2.75, 3.05) is 5.75 Å². The summed E-state index contributed by atoms with van der Waals surface area (Å²) in [5, 5.41) is 5.54. The fraction of sp³-hybridized carbons (Fsp3) is 0.0909. The molecule has 0 spiro atoms. The van der Waals surface area contributed by atoms with Crippen LogP contribution in [-0.2, 0) is 4.79 Å². The van der Waals surface area contributed by atoms with Gasteiger partial charge in [0.25, 0.3) is 11.5 Å². The molecule has 2 aromatic heterocycles. The highest BCUT2D eigenvalue weighted by molar-refractivity contribution is 7.99. The molecule has 1 amide bonds. The number of nitrogens with zero attached hydrogens (tertiary/aromatic N) is 2. The Balaban J connectivity index is 1.45. The van der Waals surface area contributed by atoms with Gasteiger partial charge in [0.15, 0.2) is 5.16 Å². The minimum absolute atomic E-state index is 0.0717. The average Bonchev–Trinajstić information content (AvgIpc) is 3.10. The lowest BCUT2D eigenvalue weighted by Crippen LogP contribution is -2.20. The maximum atomic E-state index is 12.8. The van der Waals surface area contributed by atoms with Crippen molar-refractivity contribution in [1.29, 1.82) is 0 Å². The number of halogens is 1. The van der Waals surface area contributed by atoms with Crippen LogP contribution in [0, 0.1) is 6.92 Å². The predicted molar refractivity (Wildman–Crippen MR) is 128 cm³/mol. The smallest absolute Gasteiger partial charge is 0.260 e. The van der Waals surface area contributed by atoms with Gasteiger partial charge in [-0.25, -0.2) is 10.4 Å². The monoisotopic (exact) mass is 468 g/mol. The van der Waals surface area contributed by atoms with Gasteiger partial charge in [0, 0.05) is 15.5 Å². The summed E-state index contributed by atoms with van der Waals surface area (Å²) in [7, 11) is 0. The van der Waals surface area contributed by atoms with Gasteiger partial charge in [0.2, 0.25) is 0 Å². The van der Waals surface area contributed by atoms with Crippen LogP contribution in [0.1, 0.15) is 10.4 Å². The number of carbonyl (C=O) groups is 1. The van der Waals surface area contributed by atoms with Crippen LogP contribution in [0.5, 0.6) is 0 Å². The van der Waals surface area contributed by atoms with E-state index in [1.54, 1.807) is 24.3 Å². The van der Waals surface area contributed by atoms with Crippen molar-refractivity contribution in [2.45, 2.75) is 12.1 Å². The summed E-state index contributed by atoms with van der Waals surface area (Å²) >= 11 is 8.46. The van der Waals surface area contributed by atoms with E-state index in [0.717, 1.165) is 33.3 Å². The van der Waals surface area contributed by atoms with Crippen molar-refractivity contribution >= 4 is 57.0 Å². The van der Waals surface area contributed by atoms with Crippen LogP contribution >= 0.6 is 34.7 Å². The minimum Gasteiger partial charge on any atom is -0.301 e. The van der Waals surface area contributed by atoms with Crippen molar-refractivity contribution in [1.82, 2.24) is 15.4 Å². The Morgan fingerprint density at radius 2 is 1.97 bits per heavy atom. The third-order valence-electron chi connectivity index (χ3n) is 4.39. The highest BCUT2D eigenvalue weighted by Gasteiger charge is 2.17. The van der Waals surface area contributed by atoms with Crippen LogP contribution < -0.4 is 11.0 Å². The lowest BCUT2D eigenvalue weighted by molar-refractivity contribution is -0.118. The van der Waals surface area contributed by atoms with Crippen LogP contribution in [-0.4, -0.2) is 27.8 Å². The number of thioether (sulfide) groups is 1. The van der Waals surface area contributed by atoms with Crippen LogP contribution in [0.3, 0.4) is 0 Å². The summed E-state index contributed by atoms with van der Waals surface area (Å²) in [5.74, 6) is -0.229. The molecule has 0 radical (unpaired) electrons. The number of carbonyl (C=O) groups excluding carboxylic acids is 1. The number of aryl methyl sites for hydroxylation is 1. The van der Waals surface area contributed by atoms with Crippen molar-refractivity contribution in [2.24, 2.45) is 5.10 Å². The molecule has 0 aliphatic rings. The molecular weight excluding hydrogens is 452 g/mol. The number of H-pyrrole nitrogens is 1. The maximum Gasteiger partial charge on any atom is 0.260 e. The average molecular weight is 469 g/mol. The highest BCUT2D eigenvalue weighted by atomic mass is 35.5. The Kier molecular flexibility index (Phi) is 6.50. The molecule has 0 saturated heterocycles. The number of hydrogen-bond donors (Lipinski definition) is 2. The van der Waals surface area contributed by atoms with Gasteiger partial charge in [-0.05, 0) is 30.2 Å². The standard InChI is InChI=1S/C22H17ClN4O2S2/c1-13-18(15-5-3-2-4-6-15)19-20(29)25-22(26-21(19)31-13)30-12-17(28)27-24-11-14-7-9-16(23)10-8-14/h2-11H,12H2,1H3,(H,27,28)(H,25,26,29)/b24-11+. The Hall–Kier alpha value is -2.94. The van der Waals surface area contributed by atoms with E-state index in [2.05, 4.69) is 20.5 Å². The van der Waals surface area contributed by atoms with Crippen LogP contribution in [0.2, 0.25) is 5.02 Å². The largest absolute Gasteiger partial charge is 0.301 e. The number of aromatic amines is 1. The Labute approximate surface area is 191 Å². The molecule has 0 atom stereocenters. The SMILES string of the molecule is Cc1sc2nc(SCC(=O)N/N=C/c3ccc(Cl)cc3)[nH]c(=O)c2c1-c1ccccc1. The molecule has 0 aliphatic carbocycles. The van der Waals surface area contributed by atoms with Gasteiger partial charge >= 0.3 is 0 Å². The van der Waals surface area contributed by atoms with Crippen LogP contribution in [0.25, 0.3) is 21.3 Å². The molecule has 2 heterocycles. The molecule has 2 N–H and O–H groups in total. The van der Waals surface area contributed by atoms with E-state index >= 15 is 0 Å². The summed E-state index contributed by atoms with van der Waals surface area (Å²) in [6.45, 7) is 1.98. The second kappa shape index (κ2) is 9.47. The zero-order chi connectivity index (χ0) is 21.8. The van der Waals surface area contributed by atoms with Gasteiger partial charge in [-0.3, -0.25) is 9.59 Å². The normalized spacial score (nSPS) is 11.3. The van der Waals surface area contributed by atoms with Gasteiger partial charge < -0.3 is 4.98 Å². The van der Waals surface area contributed by atoms with Gasteiger partial charge in [-0.2, -0.15) is 5.10 Å². The van der Waals surface area contributed by atoms with Gasteiger partial charge in [0.05, 0.1) is 17.4 Å². The Morgan fingerprint density at radius 1 is 1.23 bits per heavy atom. The molecule has 0 bridgehead atoms. The first-order chi connectivity index (χ1) is 15.0. The molecule has 156 valence electrons. The number of benzene rings is 2. The first-order valence-corrected chi connectivity index (χ1v) is 11.5. The van der Waals surface area contributed by atoms with Crippen molar-refractivity contribution < 1.29 is 4.79 Å². The number of rotatable bonds is 6. The van der Waals surface area contributed by atoms with E-state index in [-0.39, 0.29) is 17.2 Å². The number of fused-ring (bicyclic) bond motifs is 1. The number of amides is 1. The van der Waals surface area contributed by atoms with Gasteiger partial charge in [-0.15, -0.1) is 11.3 Å². The Morgan fingerprint density at radius 3 is 2.71 bits per heavy atom. The van der Waals surface area contributed by atoms with E-state index in [1.807, 2.05) is 37.3 Å². The fourth-order valence-electron chi connectivity index (χ4n) is 3.01. The summed E-state index contributed by atoms with van der Waals surface area (Å²) in [4.78, 5) is 33.9. The predicted octanol–water partition coefficient (Wildman–Crippen LogP) is 4.86. The molecule has 2 aromatic carbocycles. The second-order valence-electron chi connectivity index (χ2n) is 6.58. The molecule has 4 rings (SSSR count). The summed E-state index contributed by atoms with van der Waals surface area (Å²) in [6, 6.07) is 16.9. The van der Waals surface area contributed by atoms with Gasteiger partial charge in [0.1, 0.15) is 4.83 Å². The fourth-order valence-corrected chi connectivity index (χ4v) is 4.90. The second-order valence-corrected chi connectivity index (χ2v) is 9.19. The summed E-state index contributed by atoms with van der Waals surface area (Å²) in [6.07, 6.45) is 1.53. The van der Waals surface area contributed by atoms with Crippen LogP contribution in [0.15, 0.2) is 69.6 Å². The molecule has 9 heteroatoms. The van der Waals surface area contributed by atoms with E-state index in [1.165, 1.54) is 17.6 Å². The quantitative estimate of drug-likeness (QED) is 0.183. The van der Waals surface area contributed by atoms with Crippen molar-refractivity contribution in [3.05, 3.63) is 80.4 Å². The lowest BCUT2D eigenvalue weighted by atomic mass is 10.0. The van der Waals surface area contributed by atoms with E-state index in [4.69, 9.17) is 11.6 Å². The molecule has 4 aromatic rings. The maximum absolute atomic E-state index is 12.8. The summed E-state index contributed by atoms with van der Waals surface area (Å²) < 4.78 is 0. The third-order valence-corrected chi connectivity index (χ3v) is 6.52. The number of hydrazone groups is 1. The molecule has 31 heavy (non-hydrogen) atoms. The van der Waals surface area contributed by atoms with Crippen molar-refractivity contribution in [3.63, 3.8) is 0 Å². The first kappa shape index (κ1) is 21.3. The lowest BCUT2D eigenvalue weighted by Gasteiger charge is -2.03. The summed E-state index contributed by atoms with van der Waals surface area (Å²) in [5.41, 5.74) is 4.95. The van der Waals surface area contributed by atoms with E-state index < -0.39 is 0 Å². The molecule has 0 fully saturated rings. The number of nitrogens with one attached hydrogen (secondary N) is 2. The molecule has 0 aliphatic heterocycles. The molecule has 0 saturated carbocycles. The zero-order valence-electron chi connectivity index (χ0n) is 16.4. The topological polar surface area (TPSA) is 87.2 Å². The van der Waals surface area contributed by atoms with Gasteiger partial charge in [-0.1, -0.05) is 65.8 Å². The third kappa shape index (κ3) is 5.04. The number of aromatic nitrogens is 2. The highest BCUT2D eigenvalue weighted by Crippen LogP contribution is 2.35. The van der Waals surface area contributed by atoms with Crippen molar-refractivity contribution in [3.8, 4) is 11.1 Å². The molecular formula is C22H17ClN4O2S2. The molecule has 0 unspecified atom stereocenters. The van der Waals surface area contributed by atoms with E-state index in [9.17, 15) is 9.59 Å². The first-order valence-electron chi connectivity index (χ1n) is 9.30. The molecule has 6 nitrogen and oxygen atoms in total. The zero-order valence-corrected chi connectivity index (χ0v) is 18.8. The minimum atomic E-state index is -0.301. The van der Waals surface area contributed by atoms with E-state index in [0.29, 0.717) is 20.4 Å².